The monoisotopic (exact) mass is 1010 g/mol. The summed E-state index contributed by atoms with van der Waals surface area (Å²) in [5, 5.41) is 26.3. The zero-order valence-electron chi connectivity index (χ0n) is 39.5. The van der Waals surface area contributed by atoms with Crippen molar-refractivity contribution in [1.29, 1.82) is 5.26 Å². The summed E-state index contributed by atoms with van der Waals surface area (Å²) in [6, 6.07) is 12.3. The zero-order chi connectivity index (χ0) is 46.0. The Hall–Kier alpha value is -5.13. The number of phenols is 1. The number of nitrogens with one attached hydrogen (secondary N) is 2. The Labute approximate surface area is 426 Å². The number of cyclic esters (lactones) is 1. The Kier molecular flexibility index (Phi) is 20.1. The molecule has 4 atom stereocenters. The van der Waals surface area contributed by atoms with Crippen LogP contribution in [0, 0.1) is 28.6 Å². The number of amides is 4. The first-order valence-corrected chi connectivity index (χ1v) is 22.1. The molecule has 0 unspecified atom stereocenters. The van der Waals surface area contributed by atoms with Crippen LogP contribution in [-0.2, 0) is 48.1 Å². The second-order valence-corrected chi connectivity index (χ2v) is 18.4. The van der Waals surface area contributed by atoms with E-state index in [0.29, 0.717) is 55.5 Å². The summed E-state index contributed by atoms with van der Waals surface area (Å²) in [6.07, 6.45) is 6.36. The third-order valence-electron chi connectivity index (χ3n) is 12.7. The number of esters is 1. The van der Waals surface area contributed by atoms with Crippen LogP contribution in [0.1, 0.15) is 70.6 Å². The van der Waals surface area contributed by atoms with E-state index in [1.165, 1.54) is 22.2 Å². The van der Waals surface area contributed by atoms with Gasteiger partial charge in [0.25, 0.3) is 5.91 Å². The van der Waals surface area contributed by atoms with Crippen molar-refractivity contribution in [2.24, 2.45) is 17.3 Å². The van der Waals surface area contributed by atoms with Crippen molar-refractivity contribution >= 4 is 94.5 Å². The molecule has 2 saturated heterocycles. The van der Waals surface area contributed by atoms with Crippen LogP contribution in [0.2, 0.25) is 0 Å². The van der Waals surface area contributed by atoms with Gasteiger partial charge >= 0.3 is 5.97 Å². The van der Waals surface area contributed by atoms with Crippen molar-refractivity contribution in [1.82, 2.24) is 35.1 Å². The van der Waals surface area contributed by atoms with Crippen molar-refractivity contribution in [2.75, 3.05) is 33.3 Å². The van der Waals surface area contributed by atoms with Gasteiger partial charge in [-0.05, 0) is 97.2 Å². The van der Waals surface area contributed by atoms with Gasteiger partial charge in [0.1, 0.15) is 29.9 Å². The fraction of sp³-hybridized carbons (Fsp3) is 0.449. The van der Waals surface area contributed by atoms with E-state index in [4.69, 9.17) is 4.74 Å². The number of likely N-dealkylation sites (tertiary alicyclic amines) is 1. The molecule has 6 bridgehead atoms. The predicted octanol–water partition coefficient (Wildman–Crippen LogP) is 5.58. The molecule has 0 aliphatic carbocycles. The number of rotatable bonds is 8. The summed E-state index contributed by atoms with van der Waals surface area (Å²) in [5.74, 6) is -2.95. The highest BCUT2D eigenvalue weighted by Gasteiger charge is 2.40. The number of nitrogens with zero attached hydrogens (tertiary/aromatic N) is 6. The highest BCUT2D eigenvalue weighted by molar-refractivity contribution is 7.59. The maximum atomic E-state index is 14.7. The first kappa shape index (κ1) is 57.2. The number of hydrogen-bond donors (Lipinski definition) is 3. The van der Waals surface area contributed by atoms with Crippen LogP contribution in [-0.4, -0.2) is 110 Å². The number of aryl methyl sites for hydroxylation is 1. The molecule has 368 valence electrons. The van der Waals surface area contributed by atoms with E-state index < -0.39 is 47.2 Å². The average molecular weight is 1010 g/mol. The maximum Gasteiger partial charge on any atom is 0.324 e. The van der Waals surface area contributed by atoms with Gasteiger partial charge < -0.3 is 29.5 Å². The number of nitriles is 1. The number of hydrazine groups is 1. The molecule has 2 aromatic carbocycles. The summed E-state index contributed by atoms with van der Waals surface area (Å²) in [7, 11) is 1.57. The zero-order valence-corrected chi connectivity index (χ0v) is 43.5. The van der Waals surface area contributed by atoms with E-state index >= 15 is 0 Å². The Morgan fingerprint density at radius 2 is 1.78 bits per heavy atom. The average Bonchev–Trinajstić information content (AvgIpc) is 3.89. The molecule has 68 heavy (non-hydrogen) atoms. The summed E-state index contributed by atoms with van der Waals surface area (Å²) in [4.78, 5) is 76.5. The van der Waals surface area contributed by atoms with Crippen LogP contribution >= 0.6 is 54.0 Å². The lowest BCUT2D eigenvalue weighted by atomic mass is 9.84. The second kappa shape index (κ2) is 23.9. The molecule has 3 aliphatic heterocycles. The second-order valence-electron chi connectivity index (χ2n) is 18.4. The van der Waals surface area contributed by atoms with Crippen molar-refractivity contribution in [3.8, 4) is 34.2 Å². The normalized spacial score (nSPS) is 19.4. The smallest absolute Gasteiger partial charge is 0.324 e. The number of benzene rings is 2. The summed E-state index contributed by atoms with van der Waals surface area (Å²) in [6.45, 7) is 14.9. The Morgan fingerprint density at radius 1 is 1.04 bits per heavy atom. The molecule has 0 radical (unpaired) electrons. The first-order valence-electron chi connectivity index (χ1n) is 22.1. The molecule has 2 fully saturated rings. The van der Waals surface area contributed by atoms with Crippen LogP contribution in [0.5, 0.6) is 5.75 Å². The molecule has 15 nitrogen and oxygen atoms in total. The number of fused-ring (bicyclic) bond motifs is 6. The largest absolute Gasteiger partial charge is 0.508 e. The molecular formula is C49H66N8O7S4. The number of pyridine rings is 1. The minimum Gasteiger partial charge on any atom is -0.508 e. The molecular weight excluding hydrogens is 941 g/mol. The van der Waals surface area contributed by atoms with Crippen molar-refractivity contribution in [3.05, 3.63) is 84.2 Å². The van der Waals surface area contributed by atoms with Crippen molar-refractivity contribution in [2.45, 2.75) is 91.4 Å². The van der Waals surface area contributed by atoms with E-state index in [1.54, 1.807) is 30.3 Å². The summed E-state index contributed by atoms with van der Waals surface area (Å²) in [5.41, 5.74) is 8.66. The Balaban J connectivity index is 0.00000306. The van der Waals surface area contributed by atoms with Gasteiger partial charge in [-0.15, -0.1) is 0 Å². The molecule has 0 saturated carbocycles. The third kappa shape index (κ3) is 12.2. The van der Waals surface area contributed by atoms with Crippen LogP contribution in [0.3, 0.4) is 0 Å². The summed E-state index contributed by atoms with van der Waals surface area (Å²) < 4.78 is 8.24. The molecule has 4 aromatic rings. The first-order chi connectivity index (χ1) is 30.5. The van der Waals surface area contributed by atoms with Gasteiger partial charge in [-0.2, -0.15) is 59.2 Å². The predicted molar refractivity (Wildman–Crippen MR) is 282 cm³/mol. The molecule has 5 heterocycles. The van der Waals surface area contributed by atoms with Crippen molar-refractivity contribution < 1.29 is 33.8 Å². The van der Waals surface area contributed by atoms with Gasteiger partial charge in [-0.1, -0.05) is 46.4 Å². The lowest BCUT2D eigenvalue weighted by Crippen LogP contribution is -2.62. The molecule has 19 heteroatoms. The number of likely N-dealkylation sites (N-methyl/N-ethyl adjacent to an activating group) is 1. The van der Waals surface area contributed by atoms with E-state index in [1.807, 2.05) is 52.0 Å². The SMILES string of the molecule is C=CC(=O)N1CC[C@H](C(=O)N(C)[C@H](C(=O)N[C@H]2Cc3cc(O)cc(c3)-c3ccc4c(c3)c(c(-c3cncc(C#N)c3)n4CC)CC(C)(C)COC(=O)[C@@H]3CCCN(N3)C2=O)C(C)C)C1.S.S.S.S. The molecule has 0 spiro atoms. The van der Waals surface area contributed by atoms with Gasteiger partial charge in [-0.25, -0.2) is 5.43 Å². The minimum atomic E-state index is -1.17. The number of aromatic nitrogens is 2. The lowest BCUT2D eigenvalue weighted by molar-refractivity contribution is -0.155. The van der Waals surface area contributed by atoms with E-state index in [-0.39, 0.29) is 104 Å². The number of ether oxygens (including phenoxy) is 1. The fourth-order valence-electron chi connectivity index (χ4n) is 9.56. The number of hydrogen-bond acceptors (Lipinski definition) is 10. The Bertz CT molecular complexity index is 2560. The number of carbonyl (C=O) groups excluding carboxylic acids is 5. The Morgan fingerprint density at radius 3 is 2.46 bits per heavy atom. The van der Waals surface area contributed by atoms with Gasteiger partial charge in [0, 0.05) is 73.9 Å². The minimum absolute atomic E-state index is 0. The quantitative estimate of drug-likeness (QED) is 0.148. The molecule has 2 aromatic heterocycles. The van der Waals surface area contributed by atoms with Gasteiger partial charge in [0.05, 0.1) is 23.8 Å². The molecule has 3 aliphatic rings. The highest BCUT2D eigenvalue weighted by atomic mass is 32.1. The van der Waals surface area contributed by atoms with Gasteiger partial charge in [-0.3, -0.25) is 34.0 Å². The van der Waals surface area contributed by atoms with E-state index in [9.17, 15) is 34.3 Å². The highest BCUT2D eigenvalue weighted by Crippen LogP contribution is 2.40. The van der Waals surface area contributed by atoms with E-state index in [2.05, 4.69) is 45.9 Å². The fourth-order valence-corrected chi connectivity index (χ4v) is 9.56. The number of aromatic hydroxyl groups is 1. The van der Waals surface area contributed by atoms with Crippen molar-refractivity contribution in [3.63, 3.8) is 0 Å². The van der Waals surface area contributed by atoms with Crippen LogP contribution in [0.15, 0.2) is 67.5 Å². The summed E-state index contributed by atoms with van der Waals surface area (Å²) >= 11 is 0. The molecule has 3 N–H and O–H groups in total. The van der Waals surface area contributed by atoms with E-state index in [0.717, 1.165) is 33.3 Å². The maximum absolute atomic E-state index is 14.7. The van der Waals surface area contributed by atoms with Crippen LogP contribution < -0.4 is 10.7 Å². The number of carbonyl (C=O) groups is 5. The topological polar surface area (TPSA) is 190 Å². The van der Waals surface area contributed by atoms with Gasteiger partial charge in [0.2, 0.25) is 17.7 Å². The molecule has 7 rings (SSSR count). The third-order valence-corrected chi connectivity index (χ3v) is 12.7. The van der Waals surface area contributed by atoms with Crippen LogP contribution in [0.25, 0.3) is 33.3 Å². The molecule has 4 amide bonds. The number of phenolic OH excluding ortho intramolecular Hbond substituents is 1. The van der Waals surface area contributed by atoms with Crippen LogP contribution in [0.4, 0.5) is 0 Å². The standard InChI is InChI=1S/C49H58N8O7.4H2S/c1-8-42(59)55-16-14-33(27-55)46(61)54(7)43(29(3)4)45(60)52-40-20-30-17-34(21-36(58)19-30)32-12-13-41-37(22-32)38(44(56(41)9-2)35-18-31(24-50)25-51-26-35)23-49(5,6)28-64-48(63)39-11-10-15-57(53-39)47(40)62;;;;/h8,12-13,17-19,21-22,25-26,29,33,39-40,43,53,58H,1,9-11,14-16,20,23,27-28H2,2-7H3,(H,52,60);4*1H2/t33-,39-,40-,43-;;;;/m0..../s1. The van der Waals surface area contributed by atoms with Gasteiger partial charge in [0.15, 0.2) is 0 Å². The lowest BCUT2D eigenvalue weighted by Gasteiger charge is -2.37.